The number of nitrogen functional groups attached to an aromatic ring is 1. The van der Waals surface area contributed by atoms with Gasteiger partial charge in [-0.15, -0.1) is 0 Å². The summed E-state index contributed by atoms with van der Waals surface area (Å²) in [7, 11) is 1.21. The molecule has 6 nitrogen and oxygen atoms in total. The zero-order valence-electron chi connectivity index (χ0n) is 18.3. The predicted octanol–water partition coefficient (Wildman–Crippen LogP) is 6.44. The third-order valence-corrected chi connectivity index (χ3v) is 5.80. The maximum Gasteiger partial charge on any atom is 0.420 e. The molecule has 0 spiro atoms. The average molecular weight is 463 g/mol. The number of methoxy groups -OCH3 is 1. The third kappa shape index (κ3) is 3.64. The van der Waals surface area contributed by atoms with Crippen LogP contribution in [0.5, 0.6) is 5.75 Å². The van der Waals surface area contributed by atoms with E-state index in [4.69, 9.17) is 10.5 Å². The molecular weight excluding hydrogens is 443 g/mol. The Balaban J connectivity index is 1.62. The van der Waals surface area contributed by atoms with E-state index in [9.17, 15) is 13.2 Å². The van der Waals surface area contributed by atoms with Gasteiger partial charge in [-0.3, -0.25) is 5.10 Å². The number of hydrogen-bond donors (Lipinski definition) is 3. The molecule has 0 bridgehead atoms. The van der Waals surface area contributed by atoms with Crippen molar-refractivity contribution < 1.29 is 17.9 Å². The van der Waals surface area contributed by atoms with Gasteiger partial charge in [-0.1, -0.05) is 18.2 Å². The molecule has 5 aromatic rings. The summed E-state index contributed by atoms with van der Waals surface area (Å²) in [5.74, 6) is 0.644. The fourth-order valence-corrected chi connectivity index (χ4v) is 4.19. The number of aromatic amines is 1. The van der Waals surface area contributed by atoms with Crippen LogP contribution in [0, 0.1) is 6.92 Å². The van der Waals surface area contributed by atoms with Crippen LogP contribution in [-0.2, 0) is 6.18 Å². The fraction of sp³-hybridized carbons (Fsp3) is 0.120. The Bertz CT molecular complexity index is 1540. The van der Waals surface area contributed by atoms with E-state index in [1.165, 1.54) is 19.2 Å². The third-order valence-electron chi connectivity index (χ3n) is 5.80. The molecule has 172 valence electrons. The van der Waals surface area contributed by atoms with Crippen molar-refractivity contribution >= 4 is 39.0 Å². The van der Waals surface area contributed by atoms with Crippen LogP contribution in [0.1, 0.15) is 11.1 Å². The van der Waals surface area contributed by atoms with E-state index in [1.54, 1.807) is 6.20 Å². The second-order valence-corrected chi connectivity index (χ2v) is 7.92. The minimum atomic E-state index is -4.55. The van der Waals surface area contributed by atoms with Gasteiger partial charge in [-0.25, -0.2) is 4.98 Å². The Hall–Kier alpha value is -4.27. The van der Waals surface area contributed by atoms with Gasteiger partial charge < -0.3 is 15.8 Å². The van der Waals surface area contributed by atoms with E-state index in [2.05, 4.69) is 20.5 Å². The lowest BCUT2D eigenvalue weighted by Crippen LogP contribution is -2.08. The summed E-state index contributed by atoms with van der Waals surface area (Å²) in [5.41, 5.74) is 9.10. The maximum absolute atomic E-state index is 13.5. The first kappa shape index (κ1) is 21.6. The highest BCUT2D eigenvalue weighted by Gasteiger charge is 2.34. The fourth-order valence-electron chi connectivity index (χ4n) is 4.19. The first-order valence-corrected chi connectivity index (χ1v) is 10.4. The van der Waals surface area contributed by atoms with E-state index in [0.717, 1.165) is 44.4 Å². The average Bonchev–Trinajstić information content (AvgIpc) is 3.18. The highest BCUT2D eigenvalue weighted by molar-refractivity contribution is 6.05. The van der Waals surface area contributed by atoms with E-state index < -0.39 is 11.7 Å². The largest absolute Gasteiger partial charge is 0.496 e. The smallest absolute Gasteiger partial charge is 0.420 e. The molecule has 2 aromatic heterocycles. The molecule has 9 heteroatoms. The van der Waals surface area contributed by atoms with Crippen LogP contribution in [0.2, 0.25) is 0 Å². The minimum absolute atomic E-state index is 0.239. The summed E-state index contributed by atoms with van der Waals surface area (Å²) in [6.45, 7) is 2.01. The number of benzene rings is 3. The number of anilines is 3. The standard InChI is InChI=1S/C25H20F3N5O/c1-13-3-6-17-16(22(13)14-4-7-18-20(11-14)32-33-23(18)29)9-10-30-24(17)31-15-5-8-21(34-2)19(12-15)25(26,27)28/h3-12H,1-2H3,(H,30,31)(H3,29,32,33). The summed E-state index contributed by atoms with van der Waals surface area (Å²) < 4.78 is 45.3. The van der Waals surface area contributed by atoms with Gasteiger partial charge in [0.2, 0.25) is 0 Å². The lowest BCUT2D eigenvalue weighted by molar-refractivity contribution is -0.138. The van der Waals surface area contributed by atoms with Gasteiger partial charge in [0.25, 0.3) is 0 Å². The SMILES string of the molecule is COc1ccc(Nc2nccc3c(-c4ccc5c(N)n[nH]c5c4)c(C)ccc23)cc1C(F)(F)F. The van der Waals surface area contributed by atoms with Crippen molar-refractivity contribution in [2.45, 2.75) is 13.1 Å². The first-order chi connectivity index (χ1) is 16.3. The molecule has 34 heavy (non-hydrogen) atoms. The lowest BCUT2D eigenvalue weighted by atomic mass is 9.94. The number of ether oxygens (including phenoxy) is 1. The molecule has 0 saturated heterocycles. The van der Waals surface area contributed by atoms with Crippen molar-refractivity contribution in [3.8, 4) is 16.9 Å². The number of fused-ring (bicyclic) bond motifs is 2. The van der Waals surface area contributed by atoms with Crippen LogP contribution in [0.4, 0.5) is 30.5 Å². The number of H-pyrrole nitrogens is 1. The molecule has 0 radical (unpaired) electrons. The van der Waals surface area contributed by atoms with E-state index in [0.29, 0.717) is 11.6 Å². The molecule has 0 aliphatic carbocycles. The Morgan fingerprint density at radius 3 is 2.53 bits per heavy atom. The molecule has 0 amide bonds. The first-order valence-electron chi connectivity index (χ1n) is 10.4. The molecule has 5 rings (SSSR count). The monoisotopic (exact) mass is 463 g/mol. The number of alkyl halides is 3. The van der Waals surface area contributed by atoms with Crippen molar-refractivity contribution in [1.82, 2.24) is 15.2 Å². The van der Waals surface area contributed by atoms with Gasteiger partial charge in [-0.2, -0.15) is 18.3 Å². The minimum Gasteiger partial charge on any atom is -0.496 e. The lowest BCUT2D eigenvalue weighted by Gasteiger charge is -2.16. The molecule has 0 aliphatic heterocycles. The van der Waals surface area contributed by atoms with Gasteiger partial charge in [0, 0.05) is 22.7 Å². The van der Waals surface area contributed by atoms with Gasteiger partial charge >= 0.3 is 6.18 Å². The van der Waals surface area contributed by atoms with Crippen LogP contribution in [0.15, 0.2) is 60.8 Å². The molecule has 2 heterocycles. The van der Waals surface area contributed by atoms with Gasteiger partial charge in [0.15, 0.2) is 5.82 Å². The quantitative estimate of drug-likeness (QED) is 0.285. The summed E-state index contributed by atoms with van der Waals surface area (Å²) in [4.78, 5) is 4.40. The molecule has 0 fully saturated rings. The maximum atomic E-state index is 13.5. The van der Waals surface area contributed by atoms with Gasteiger partial charge in [-0.05, 0) is 65.4 Å². The molecular formula is C25H20F3N5O. The molecule has 0 atom stereocenters. The zero-order valence-corrected chi connectivity index (χ0v) is 18.3. The number of nitrogens with two attached hydrogens (primary N) is 1. The van der Waals surface area contributed by atoms with Crippen LogP contribution in [0.25, 0.3) is 32.8 Å². The number of halogens is 3. The molecule has 0 saturated carbocycles. The second kappa shape index (κ2) is 7.95. The molecule has 3 aromatic carbocycles. The predicted molar refractivity (Wildman–Crippen MR) is 127 cm³/mol. The number of rotatable bonds is 4. The number of hydrogen-bond acceptors (Lipinski definition) is 5. The Kier molecular flexibility index (Phi) is 5.04. The summed E-state index contributed by atoms with van der Waals surface area (Å²) in [6.07, 6.45) is -2.91. The Morgan fingerprint density at radius 2 is 1.76 bits per heavy atom. The summed E-state index contributed by atoms with van der Waals surface area (Å²) in [6, 6.07) is 15.5. The topological polar surface area (TPSA) is 88.8 Å². The highest BCUT2D eigenvalue weighted by Crippen LogP contribution is 2.40. The molecule has 4 N–H and O–H groups in total. The van der Waals surface area contributed by atoms with Crippen LogP contribution >= 0.6 is 0 Å². The normalized spacial score (nSPS) is 11.8. The van der Waals surface area contributed by atoms with Crippen molar-refractivity contribution in [3.05, 3.63) is 71.9 Å². The number of aromatic nitrogens is 3. The molecule has 0 unspecified atom stereocenters. The molecule has 0 aliphatic rings. The van der Waals surface area contributed by atoms with Crippen LogP contribution in [-0.4, -0.2) is 22.3 Å². The van der Waals surface area contributed by atoms with Crippen molar-refractivity contribution in [3.63, 3.8) is 0 Å². The van der Waals surface area contributed by atoms with Gasteiger partial charge in [0.05, 0.1) is 18.2 Å². The summed E-state index contributed by atoms with van der Waals surface area (Å²) >= 11 is 0. The van der Waals surface area contributed by atoms with Gasteiger partial charge in [0.1, 0.15) is 11.6 Å². The zero-order chi connectivity index (χ0) is 24.0. The Labute approximate surface area is 192 Å². The van der Waals surface area contributed by atoms with E-state index >= 15 is 0 Å². The van der Waals surface area contributed by atoms with Crippen molar-refractivity contribution in [2.24, 2.45) is 0 Å². The number of nitrogens with zero attached hydrogens (tertiary/aromatic N) is 2. The van der Waals surface area contributed by atoms with Crippen LogP contribution < -0.4 is 15.8 Å². The van der Waals surface area contributed by atoms with Crippen molar-refractivity contribution in [2.75, 3.05) is 18.2 Å². The summed E-state index contributed by atoms with van der Waals surface area (Å²) in [5, 5.41) is 12.6. The number of nitrogens with one attached hydrogen (secondary N) is 2. The Morgan fingerprint density at radius 1 is 0.971 bits per heavy atom. The van der Waals surface area contributed by atoms with Crippen molar-refractivity contribution in [1.29, 1.82) is 0 Å². The van der Waals surface area contributed by atoms with Crippen LogP contribution in [0.3, 0.4) is 0 Å². The van der Waals surface area contributed by atoms with E-state index in [-0.39, 0.29) is 11.4 Å². The second-order valence-electron chi connectivity index (χ2n) is 7.92. The number of pyridine rings is 1. The van der Waals surface area contributed by atoms with E-state index in [1.807, 2.05) is 43.3 Å². The highest BCUT2D eigenvalue weighted by atomic mass is 19.4. The number of aryl methyl sites for hydroxylation is 1.